The van der Waals surface area contributed by atoms with Crippen molar-refractivity contribution in [2.24, 2.45) is 10.2 Å². The van der Waals surface area contributed by atoms with Crippen LogP contribution in [0.15, 0.2) is 52.8 Å². The molecule has 2 heterocycles. The summed E-state index contributed by atoms with van der Waals surface area (Å²) in [6.07, 6.45) is 2.05. The Morgan fingerprint density at radius 2 is 1.59 bits per heavy atom. The average Bonchev–Trinajstić information content (AvgIpc) is 2.85. The number of azo groups is 1. The average molecular weight is 292 g/mol. The molecule has 0 aliphatic carbocycles. The van der Waals surface area contributed by atoms with E-state index in [2.05, 4.69) is 55.2 Å². The molecule has 3 rings (SSSR count). The van der Waals surface area contributed by atoms with Gasteiger partial charge in [0.15, 0.2) is 5.82 Å². The number of nitrogens with zero attached hydrogens (tertiary/aromatic N) is 4. The van der Waals surface area contributed by atoms with Gasteiger partial charge in [0.25, 0.3) is 0 Å². The van der Waals surface area contributed by atoms with Gasteiger partial charge >= 0.3 is 0 Å². The van der Waals surface area contributed by atoms with E-state index in [0.29, 0.717) is 5.92 Å². The van der Waals surface area contributed by atoms with E-state index in [1.807, 2.05) is 34.7 Å². The molecule has 4 heteroatoms. The Morgan fingerprint density at radius 1 is 0.909 bits per heavy atom. The van der Waals surface area contributed by atoms with E-state index in [4.69, 9.17) is 0 Å². The second-order valence-electron chi connectivity index (χ2n) is 5.95. The summed E-state index contributed by atoms with van der Waals surface area (Å²) in [5.41, 5.74) is 5.12. The van der Waals surface area contributed by atoms with Crippen LogP contribution in [0, 0.1) is 13.8 Å². The molecular weight excluding hydrogens is 272 g/mol. The highest BCUT2D eigenvalue weighted by atomic mass is 15.2. The second kappa shape index (κ2) is 5.72. The Balaban J connectivity index is 2.09. The zero-order valence-electron chi connectivity index (χ0n) is 13.4. The molecule has 3 aromatic rings. The van der Waals surface area contributed by atoms with Crippen molar-refractivity contribution in [2.75, 3.05) is 0 Å². The number of rotatable bonds is 3. The minimum absolute atomic E-state index is 0.298. The van der Waals surface area contributed by atoms with E-state index >= 15 is 0 Å². The smallest absolute Gasteiger partial charge is 0.183 e. The summed E-state index contributed by atoms with van der Waals surface area (Å²) in [7, 11) is 0. The van der Waals surface area contributed by atoms with Crippen LogP contribution < -0.4 is 0 Å². The van der Waals surface area contributed by atoms with Gasteiger partial charge in [-0.25, -0.2) is 4.98 Å². The molecule has 2 aromatic heterocycles. The molecule has 0 saturated heterocycles. The van der Waals surface area contributed by atoms with Gasteiger partial charge in [-0.05, 0) is 43.5 Å². The SMILES string of the molecule is Cc1ccc(N=Nc2c(C(C)C)nc3ccc(C)cn23)cc1. The summed E-state index contributed by atoms with van der Waals surface area (Å²) in [4.78, 5) is 4.69. The maximum absolute atomic E-state index is 4.69. The topological polar surface area (TPSA) is 42.0 Å². The molecule has 22 heavy (non-hydrogen) atoms. The van der Waals surface area contributed by atoms with E-state index in [1.165, 1.54) is 11.1 Å². The van der Waals surface area contributed by atoms with Gasteiger partial charge in [-0.3, -0.25) is 4.40 Å². The molecule has 0 N–H and O–H groups in total. The minimum Gasteiger partial charge on any atom is -0.283 e. The molecule has 0 saturated carbocycles. The first-order valence-electron chi connectivity index (χ1n) is 7.51. The molecule has 0 bridgehead atoms. The number of hydrogen-bond acceptors (Lipinski definition) is 3. The van der Waals surface area contributed by atoms with Gasteiger partial charge in [-0.15, -0.1) is 10.2 Å². The molecule has 0 spiro atoms. The molecule has 0 aliphatic heterocycles. The lowest BCUT2D eigenvalue weighted by molar-refractivity contribution is 0.831. The van der Waals surface area contributed by atoms with Gasteiger partial charge in [0.05, 0.1) is 11.4 Å². The first-order chi connectivity index (χ1) is 10.5. The molecule has 4 nitrogen and oxygen atoms in total. The van der Waals surface area contributed by atoms with Crippen LogP contribution in [-0.2, 0) is 0 Å². The van der Waals surface area contributed by atoms with Gasteiger partial charge in [-0.2, -0.15) is 0 Å². The summed E-state index contributed by atoms with van der Waals surface area (Å²) in [6.45, 7) is 8.37. The van der Waals surface area contributed by atoms with Crippen molar-refractivity contribution in [2.45, 2.75) is 33.6 Å². The lowest BCUT2D eigenvalue weighted by Gasteiger charge is -2.02. The van der Waals surface area contributed by atoms with Gasteiger partial charge in [0.1, 0.15) is 5.65 Å². The van der Waals surface area contributed by atoms with Gasteiger partial charge in [-0.1, -0.05) is 37.6 Å². The standard InChI is InChI=1S/C18H20N4/c1-12(2)17-18(21-20-15-8-5-13(3)6-9-15)22-11-14(4)7-10-16(22)19-17/h5-12H,1-4H3. The van der Waals surface area contributed by atoms with Gasteiger partial charge in [0.2, 0.25) is 0 Å². The van der Waals surface area contributed by atoms with Crippen LogP contribution in [0.4, 0.5) is 11.5 Å². The monoisotopic (exact) mass is 292 g/mol. The van der Waals surface area contributed by atoms with Crippen LogP contribution in [0.3, 0.4) is 0 Å². The summed E-state index contributed by atoms with van der Waals surface area (Å²) in [5.74, 6) is 1.11. The maximum atomic E-state index is 4.69. The Kier molecular flexibility index (Phi) is 3.75. The molecule has 112 valence electrons. The van der Waals surface area contributed by atoms with E-state index < -0.39 is 0 Å². The van der Waals surface area contributed by atoms with Gasteiger partial charge in [0, 0.05) is 6.20 Å². The van der Waals surface area contributed by atoms with Crippen molar-refractivity contribution in [1.29, 1.82) is 0 Å². The third kappa shape index (κ3) is 2.77. The number of benzene rings is 1. The zero-order valence-corrected chi connectivity index (χ0v) is 13.4. The fraction of sp³-hybridized carbons (Fsp3) is 0.278. The molecule has 0 radical (unpaired) electrons. The van der Waals surface area contributed by atoms with E-state index in [-0.39, 0.29) is 0 Å². The van der Waals surface area contributed by atoms with Gasteiger partial charge < -0.3 is 0 Å². The lowest BCUT2D eigenvalue weighted by Crippen LogP contribution is -1.88. The number of imidazole rings is 1. The summed E-state index contributed by atoms with van der Waals surface area (Å²) < 4.78 is 2.02. The molecule has 0 fully saturated rings. The molecule has 1 aromatic carbocycles. The molecule has 0 atom stereocenters. The van der Waals surface area contributed by atoms with Crippen molar-refractivity contribution in [3.05, 3.63) is 59.4 Å². The maximum Gasteiger partial charge on any atom is 0.183 e. The van der Waals surface area contributed by atoms with E-state index in [9.17, 15) is 0 Å². The van der Waals surface area contributed by atoms with Crippen molar-refractivity contribution in [3.8, 4) is 0 Å². The van der Waals surface area contributed by atoms with Crippen LogP contribution in [-0.4, -0.2) is 9.38 Å². The Morgan fingerprint density at radius 3 is 2.27 bits per heavy atom. The number of aromatic nitrogens is 2. The van der Waals surface area contributed by atoms with Crippen LogP contribution in [0.5, 0.6) is 0 Å². The van der Waals surface area contributed by atoms with Crippen molar-refractivity contribution < 1.29 is 0 Å². The molecule has 0 unspecified atom stereocenters. The largest absolute Gasteiger partial charge is 0.283 e. The molecular formula is C18H20N4. The van der Waals surface area contributed by atoms with E-state index in [0.717, 1.165) is 22.8 Å². The predicted molar refractivity (Wildman–Crippen MR) is 89.4 cm³/mol. The minimum atomic E-state index is 0.298. The number of aryl methyl sites for hydroxylation is 2. The fourth-order valence-electron chi connectivity index (χ4n) is 2.36. The zero-order chi connectivity index (χ0) is 15.7. The number of pyridine rings is 1. The normalized spacial score (nSPS) is 11.9. The Hall–Kier alpha value is -2.49. The first kappa shape index (κ1) is 14.4. The van der Waals surface area contributed by atoms with E-state index in [1.54, 1.807) is 0 Å². The van der Waals surface area contributed by atoms with Crippen molar-refractivity contribution >= 4 is 17.2 Å². The third-order valence-electron chi connectivity index (χ3n) is 3.61. The highest BCUT2D eigenvalue weighted by Gasteiger charge is 2.14. The molecule has 0 amide bonds. The molecule has 0 aliphatic rings. The highest BCUT2D eigenvalue weighted by molar-refractivity contribution is 5.54. The number of hydrogen-bond donors (Lipinski definition) is 0. The summed E-state index contributed by atoms with van der Waals surface area (Å²) in [6, 6.07) is 12.1. The quantitative estimate of drug-likeness (QED) is 0.588. The predicted octanol–water partition coefficient (Wildman–Crippen LogP) is 5.49. The Bertz CT molecular complexity index is 826. The lowest BCUT2D eigenvalue weighted by atomic mass is 10.1. The van der Waals surface area contributed by atoms with Crippen LogP contribution in [0.2, 0.25) is 0 Å². The Labute approximate surface area is 130 Å². The van der Waals surface area contributed by atoms with Crippen LogP contribution in [0.25, 0.3) is 5.65 Å². The van der Waals surface area contributed by atoms with Crippen molar-refractivity contribution in [1.82, 2.24) is 9.38 Å². The van der Waals surface area contributed by atoms with Crippen LogP contribution in [0.1, 0.15) is 36.6 Å². The highest BCUT2D eigenvalue weighted by Crippen LogP contribution is 2.29. The number of fused-ring (bicyclic) bond motifs is 1. The fourth-order valence-corrected chi connectivity index (χ4v) is 2.36. The van der Waals surface area contributed by atoms with Crippen LogP contribution >= 0.6 is 0 Å². The third-order valence-corrected chi connectivity index (χ3v) is 3.61. The summed E-state index contributed by atoms with van der Waals surface area (Å²) >= 11 is 0. The van der Waals surface area contributed by atoms with Crippen molar-refractivity contribution in [3.63, 3.8) is 0 Å². The first-order valence-corrected chi connectivity index (χ1v) is 7.51. The summed E-state index contributed by atoms with van der Waals surface area (Å²) in [5, 5.41) is 8.86. The second-order valence-corrected chi connectivity index (χ2v) is 5.95.